The van der Waals surface area contributed by atoms with Crippen LogP contribution in [0, 0.1) is 5.92 Å². The van der Waals surface area contributed by atoms with Crippen molar-refractivity contribution >= 4 is 35.4 Å². The Hall–Kier alpha value is -2.47. The third-order valence-corrected chi connectivity index (χ3v) is 3.94. The van der Waals surface area contributed by atoms with Crippen LogP contribution in [0.1, 0.15) is 29.5 Å². The lowest BCUT2D eigenvalue weighted by Crippen LogP contribution is -2.28. The number of fused-ring (bicyclic) bond motifs is 1. The Kier molecular flexibility index (Phi) is 7.51. The smallest absolute Gasteiger partial charge is 0.373 e. The van der Waals surface area contributed by atoms with Crippen LogP contribution in [0.2, 0.25) is 0 Å². The average Bonchev–Trinajstić information content (AvgIpc) is 3.01. The zero-order valence-electron chi connectivity index (χ0n) is 13.7. The van der Waals surface area contributed by atoms with Crippen molar-refractivity contribution in [1.82, 2.24) is 4.90 Å². The van der Waals surface area contributed by atoms with Gasteiger partial charge in [0.15, 0.2) is 5.43 Å². The van der Waals surface area contributed by atoms with Crippen molar-refractivity contribution in [2.24, 2.45) is 11.7 Å². The molecule has 0 saturated carbocycles. The van der Waals surface area contributed by atoms with Gasteiger partial charge in [-0.15, -0.1) is 12.4 Å². The fraction of sp³-hybridized carbons (Fsp3) is 0.353. The fourth-order valence-electron chi connectivity index (χ4n) is 2.74. The van der Waals surface area contributed by atoms with Crippen molar-refractivity contribution in [3.8, 4) is 0 Å². The molecule has 1 fully saturated rings. The molecule has 25 heavy (non-hydrogen) atoms. The van der Waals surface area contributed by atoms with Crippen LogP contribution in [0.5, 0.6) is 0 Å². The normalized spacial score (nSPS) is 15.8. The molecule has 1 aromatic carbocycles. The number of benzene rings is 1. The minimum Gasteiger partial charge on any atom is -0.459 e. The van der Waals surface area contributed by atoms with Crippen molar-refractivity contribution in [3.05, 3.63) is 45.8 Å². The Balaban J connectivity index is 0.000000730. The lowest BCUT2D eigenvalue weighted by molar-refractivity contribution is -0.191. The van der Waals surface area contributed by atoms with Gasteiger partial charge in [-0.2, -0.15) is 9.59 Å². The van der Waals surface area contributed by atoms with Gasteiger partial charge < -0.3 is 15.1 Å². The number of rotatable bonds is 2. The Bertz CT molecular complexity index is 843. The average molecular weight is 367 g/mol. The van der Waals surface area contributed by atoms with Gasteiger partial charge in [-0.1, -0.05) is 6.92 Å². The molecular weight excluding hydrogens is 348 g/mol. The monoisotopic (exact) mass is 366 g/mol. The standard InChI is InChI=1S/C16H18N2O3.CO2.ClH/c1-10-4-5-18(9-10)16(20)11-2-3-15-13(6-11)14(19)7-12(8-17)21-15;2-1-3;/h2-3,6-7,10H,4-5,8-9,17H2,1H3;;1H/t10-;;/m0../s1. The second-order valence-electron chi connectivity index (χ2n) is 5.72. The minimum atomic E-state index is -0.166. The van der Waals surface area contributed by atoms with E-state index in [2.05, 4.69) is 6.92 Å². The van der Waals surface area contributed by atoms with E-state index in [1.165, 1.54) is 6.07 Å². The molecule has 2 heterocycles. The van der Waals surface area contributed by atoms with Gasteiger partial charge in [-0.25, -0.2) is 0 Å². The number of nitrogens with two attached hydrogens (primary N) is 1. The summed E-state index contributed by atoms with van der Waals surface area (Å²) in [5.74, 6) is 0.954. The number of carbonyl (C=O) groups is 1. The van der Waals surface area contributed by atoms with Gasteiger partial charge in [-0.05, 0) is 30.5 Å². The highest BCUT2D eigenvalue weighted by atomic mass is 35.5. The van der Waals surface area contributed by atoms with Crippen LogP contribution < -0.4 is 11.2 Å². The molecule has 0 bridgehead atoms. The SMILES string of the molecule is C[C@H]1CCN(C(=O)c2ccc3oc(CN)cc(=O)c3c2)C1.Cl.O=C=O. The highest BCUT2D eigenvalue weighted by Gasteiger charge is 2.24. The van der Waals surface area contributed by atoms with Crippen molar-refractivity contribution < 1.29 is 18.8 Å². The number of likely N-dealkylation sites (tertiary alicyclic amines) is 1. The molecule has 1 aliphatic heterocycles. The maximum Gasteiger partial charge on any atom is 0.373 e. The largest absolute Gasteiger partial charge is 0.459 e. The first-order valence-electron chi connectivity index (χ1n) is 7.55. The molecule has 1 amide bonds. The molecule has 134 valence electrons. The number of hydrogen-bond acceptors (Lipinski definition) is 6. The first-order chi connectivity index (χ1) is 11.5. The van der Waals surface area contributed by atoms with Crippen LogP contribution in [-0.2, 0) is 16.1 Å². The van der Waals surface area contributed by atoms with Crippen LogP contribution in [-0.4, -0.2) is 30.0 Å². The summed E-state index contributed by atoms with van der Waals surface area (Å²) in [5, 5.41) is 0.422. The van der Waals surface area contributed by atoms with Crippen molar-refractivity contribution in [1.29, 1.82) is 0 Å². The molecular formula is C17H19ClN2O5. The quantitative estimate of drug-likeness (QED) is 0.863. The summed E-state index contributed by atoms with van der Waals surface area (Å²) in [5.41, 5.74) is 6.32. The first-order valence-corrected chi connectivity index (χ1v) is 7.55. The minimum absolute atomic E-state index is 0. The predicted octanol–water partition coefficient (Wildman–Crippen LogP) is 1.57. The fourth-order valence-corrected chi connectivity index (χ4v) is 2.74. The Labute approximate surface area is 150 Å². The molecule has 0 spiro atoms. The molecule has 1 atom stereocenters. The number of nitrogens with zero attached hydrogens (tertiary/aromatic N) is 1. The maximum atomic E-state index is 12.4. The summed E-state index contributed by atoms with van der Waals surface area (Å²) < 4.78 is 5.52. The molecule has 1 aliphatic rings. The van der Waals surface area contributed by atoms with Gasteiger partial charge in [0.05, 0.1) is 11.9 Å². The van der Waals surface area contributed by atoms with E-state index in [0.717, 1.165) is 19.5 Å². The molecule has 2 N–H and O–H groups in total. The number of hydrogen-bond donors (Lipinski definition) is 1. The summed E-state index contributed by atoms with van der Waals surface area (Å²) in [7, 11) is 0. The Morgan fingerprint density at radius 2 is 2.04 bits per heavy atom. The van der Waals surface area contributed by atoms with Gasteiger partial charge in [0.1, 0.15) is 11.3 Å². The molecule has 1 aromatic heterocycles. The second-order valence-corrected chi connectivity index (χ2v) is 5.72. The molecule has 0 aliphatic carbocycles. The zero-order chi connectivity index (χ0) is 17.7. The third kappa shape index (κ3) is 4.76. The number of carbonyl (C=O) groups excluding carboxylic acids is 3. The van der Waals surface area contributed by atoms with Crippen LogP contribution in [0.25, 0.3) is 11.0 Å². The molecule has 3 rings (SSSR count). The van der Waals surface area contributed by atoms with E-state index in [0.29, 0.717) is 28.2 Å². The predicted molar refractivity (Wildman–Crippen MR) is 92.3 cm³/mol. The van der Waals surface area contributed by atoms with Gasteiger partial charge in [-0.3, -0.25) is 9.59 Å². The lowest BCUT2D eigenvalue weighted by Gasteiger charge is -2.16. The summed E-state index contributed by atoms with van der Waals surface area (Å²) in [6.07, 6.45) is 1.28. The molecule has 0 unspecified atom stereocenters. The van der Waals surface area contributed by atoms with Gasteiger partial charge in [0, 0.05) is 24.7 Å². The van der Waals surface area contributed by atoms with Crippen LogP contribution in [0.15, 0.2) is 33.5 Å². The van der Waals surface area contributed by atoms with Crippen LogP contribution in [0.3, 0.4) is 0 Å². The van der Waals surface area contributed by atoms with Crippen LogP contribution in [0.4, 0.5) is 0 Å². The van der Waals surface area contributed by atoms with E-state index < -0.39 is 0 Å². The summed E-state index contributed by atoms with van der Waals surface area (Å²) in [6.45, 7) is 3.87. The Morgan fingerprint density at radius 3 is 2.60 bits per heavy atom. The maximum absolute atomic E-state index is 12.4. The highest BCUT2D eigenvalue weighted by molar-refractivity contribution is 5.97. The van der Waals surface area contributed by atoms with Crippen molar-refractivity contribution in [3.63, 3.8) is 0 Å². The molecule has 7 nitrogen and oxygen atoms in total. The van der Waals surface area contributed by atoms with E-state index in [-0.39, 0.29) is 36.4 Å². The second kappa shape index (κ2) is 9.13. The summed E-state index contributed by atoms with van der Waals surface area (Å²) >= 11 is 0. The van der Waals surface area contributed by atoms with Crippen LogP contribution >= 0.6 is 12.4 Å². The van der Waals surface area contributed by atoms with Crippen molar-refractivity contribution in [2.75, 3.05) is 13.1 Å². The topological polar surface area (TPSA) is 111 Å². The third-order valence-electron chi connectivity index (χ3n) is 3.94. The highest BCUT2D eigenvalue weighted by Crippen LogP contribution is 2.20. The molecule has 0 radical (unpaired) electrons. The van der Waals surface area contributed by atoms with Crippen molar-refractivity contribution in [2.45, 2.75) is 19.9 Å². The first kappa shape index (κ1) is 20.6. The van der Waals surface area contributed by atoms with Gasteiger partial charge in [0.2, 0.25) is 0 Å². The number of amides is 1. The molecule has 1 saturated heterocycles. The Morgan fingerprint density at radius 1 is 1.36 bits per heavy atom. The van der Waals surface area contributed by atoms with E-state index in [9.17, 15) is 9.59 Å². The summed E-state index contributed by atoms with van der Waals surface area (Å²) in [6, 6.07) is 6.38. The van der Waals surface area contributed by atoms with E-state index >= 15 is 0 Å². The summed E-state index contributed by atoms with van der Waals surface area (Å²) in [4.78, 5) is 42.6. The van der Waals surface area contributed by atoms with E-state index in [1.54, 1.807) is 18.2 Å². The van der Waals surface area contributed by atoms with E-state index in [4.69, 9.17) is 19.7 Å². The molecule has 8 heteroatoms. The molecule has 2 aromatic rings. The number of halogens is 1. The van der Waals surface area contributed by atoms with Gasteiger partial charge in [0.25, 0.3) is 5.91 Å². The van der Waals surface area contributed by atoms with E-state index in [1.807, 2.05) is 4.90 Å². The van der Waals surface area contributed by atoms with Gasteiger partial charge >= 0.3 is 6.15 Å². The zero-order valence-corrected chi connectivity index (χ0v) is 14.5. The lowest BCUT2D eigenvalue weighted by atomic mass is 10.1.